The first-order valence-corrected chi connectivity index (χ1v) is 3.32. The predicted molar refractivity (Wildman–Crippen MR) is 40.2 cm³/mol. The molecule has 0 saturated heterocycles. The van der Waals surface area contributed by atoms with E-state index in [9.17, 15) is 14.4 Å². The van der Waals surface area contributed by atoms with Crippen LogP contribution in [0.3, 0.4) is 0 Å². The molecule has 0 spiro atoms. The highest BCUT2D eigenvalue weighted by atomic mass is 16.4. The molecule has 0 bridgehead atoms. The minimum atomic E-state index is -1.41. The van der Waals surface area contributed by atoms with Crippen LogP contribution in [-0.2, 0) is 14.4 Å². The predicted octanol–water partition coefficient (Wildman–Crippen LogP) is -0.0532. The van der Waals surface area contributed by atoms with Gasteiger partial charge in [-0.2, -0.15) is 0 Å². The molecule has 0 aromatic carbocycles. The van der Waals surface area contributed by atoms with Crippen molar-refractivity contribution in [1.29, 1.82) is 0 Å². The van der Waals surface area contributed by atoms with E-state index in [1.807, 2.05) is 0 Å². The fourth-order valence-corrected chi connectivity index (χ4v) is 0.631. The van der Waals surface area contributed by atoms with Crippen molar-refractivity contribution in [1.82, 2.24) is 0 Å². The summed E-state index contributed by atoms with van der Waals surface area (Å²) in [4.78, 5) is 30.4. The second kappa shape index (κ2) is 4.91. The average molecular weight is 188 g/mol. The third kappa shape index (κ3) is 5.42. The molecule has 0 aromatic rings. The molecule has 6 nitrogen and oxygen atoms in total. The highest BCUT2D eigenvalue weighted by Crippen LogP contribution is 2.05. The van der Waals surface area contributed by atoms with Crippen molar-refractivity contribution >= 4 is 17.9 Å². The Morgan fingerprint density at radius 1 is 1.00 bits per heavy atom. The van der Waals surface area contributed by atoms with Gasteiger partial charge in [0.1, 0.15) is 0 Å². The van der Waals surface area contributed by atoms with Crippen molar-refractivity contribution < 1.29 is 29.7 Å². The van der Waals surface area contributed by atoms with Gasteiger partial charge in [-0.3, -0.25) is 4.79 Å². The van der Waals surface area contributed by atoms with Crippen LogP contribution in [0.5, 0.6) is 0 Å². The van der Waals surface area contributed by atoms with E-state index in [4.69, 9.17) is 15.3 Å². The van der Waals surface area contributed by atoms with Crippen LogP contribution >= 0.6 is 0 Å². The van der Waals surface area contributed by atoms with Gasteiger partial charge >= 0.3 is 17.9 Å². The molecule has 0 atom stereocenters. The number of rotatable bonds is 5. The smallest absolute Gasteiger partial charge is 0.331 e. The molecule has 0 heterocycles. The molecule has 0 amide bonds. The number of carboxylic acids is 3. The lowest BCUT2D eigenvalue weighted by atomic mass is 10.1. The molecule has 3 N–H and O–H groups in total. The Bertz CT molecular complexity index is 264. The summed E-state index contributed by atoms with van der Waals surface area (Å²) in [5.74, 6) is -3.98. The molecule has 0 aliphatic rings. The maximum absolute atomic E-state index is 10.3. The lowest BCUT2D eigenvalue weighted by Gasteiger charge is -1.97. The highest BCUT2D eigenvalue weighted by molar-refractivity contribution is 5.94. The standard InChI is InChI=1S/C7H8O6/c8-5(9)2-1-4(7(12)13)3-6(10)11/h3H,1-2H2,(H,8,9)(H,10,11)(H,12,13). The zero-order valence-corrected chi connectivity index (χ0v) is 6.56. The average Bonchev–Trinajstić information content (AvgIpc) is 1.96. The quantitative estimate of drug-likeness (QED) is 0.521. The number of aliphatic carboxylic acids is 3. The Morgan fingerprint density at radius 3 is 1.85 bits per heavy atom. The van der Waals surface area contributed by atoms with Crippen LogP contribution in [0.1, 0.15) is 12.8 Å². The van der Waals surface area contributed by atoms with Crippen molar-refractivity contribution in [3.05, 3.63) is 11.6 Å². The summed E-state index contributed by atoms with van der Waals surface area (Å²) in [5.41, 5.74) is -0.421. The SMILES string of the molecule is O=C(O)C=C(CCC(=O)O)C(=O)O. The zero-order chi connectivity index (χ0) is 10.4. The van der Waals surface area contributed by atoms with Crippen LogP contribution in [0.2, 0.25) is 0 Å². The van der Waals surface area contributed by atoms with Crippen LogP contribution in [0, 0.1) is 0 Å². The van der Waals surface area contributed by atoms with Gasteiger partial charge in [0.05, 0.1) is 0 Å². The van der Waals surface area contributed by atoms with E-state index >= 15 is 0 Å². The number of hydrogen-bond acceptors (Lipinski definition) is 3. The van der Waals surface area contributed by atoms with Gasteiger partial charge < -0.3 is 15.3 Å². The molecule has 0 aromatic heterocycles. The normalized spacial score (nSPS) is 10.9. The maximum atomic E-state index is 10.3. The summed E-state index contributed by atoms with van der Waals surface area (Å²) in [6, 6.07) is 0. The summed E-state index contributed by atoms with van der Waals surface area (Å²) in [5, 5.41) is 24.8. The van der Waals surface area contributed by atoms with E-state index in [-0.39, 0.29) is 6.42 Å². The summed E-state index contributed by atoms with van der Waals surface area (Å²) < 4.78 is 0. The molecule has 0 radical (unpaired) electrons. The van der Waals surface area contributed by atoms with Gasteiger partial charge in [-0.1, -0.05) is 0 Å². The van der Waals surface area contributed by atoms with Crippen LogP contribution in [0.4, 0.5) is 0 Å². The third-order valence-electron chi connectivity index (χ3n) is 1.18. The minimum Gasteiger partial charge on any atom is -0.481 e. The van der Waals surface area contributed by atoms with Crippen molar-refractivity contribution in [2.45, 2.75) is 12.8 Å². The van der Waals surface area contributed by atoms with E-state index in [0.29, 0.717) is 6.08 Å². The van der Waals surface area contributed by atoms with E-state index < -0.39 is 29.9 Å². The second-order valence-corrected chi connectivity index (χ2v) is 2.21. The minimum absolute atomic E-state index is 0.295. The Kier molecular flexibility index (Phi) is 4.21. The van der Waals surface area contributed by atoms with E-state index in [0.717, 1.165) is 0 Å². The van der Waals surface area contributed by atoms with E-state index in [1.165, 1.54) is 0 Å². The van der Waals surface area contributed by atoms with Gasteiger partial charge in [-0.05, 0) is 6.42 Å². The lowest BCUT2D eigenvalue weighted by Crippen LogP contribution is -2.06. The third-order valence-corrected chi connectivity index (χ3v) is 1.18. The van der Waals surface area contributed by atoms with E-state index in [1.54, 1.807) is 0 Å². The molecule has 6 heteroatoms. The number of carboxylic acid groups (broad SMARTS) is 3. The first-order chi connectivity index (χ1) is 5.93. The van der Waals surface area contributed by atoms with Crippen LogP contribution in [-0.4, -0.2) is 33.2 Å². The van der Waals surface area contributed by atoms with Gasteiger partial charge in [0.25, 0.3) is 0 Å². The fourth-order valence-electron chi connectivity index (χ4n) is 0.631. The summed E-state index contributed by atoms with van der Waals surface area (Å²) in [7, 11) is 0. The maximum Gasteiger partial charge on any atom is 0.331 e. The van der Waals surface area contributed by atoms with Crippen LogP contribution < -0.4 is 0 Å². The van der Waals surface area contributed by atoms with Crippen molar-refractivity contribution in [3.63, 3.8) is 0 Å². The van der Waals surface area contributed by atoms with E-state index in [2.05, 4.69) is 0 Å². The van der Waals surface area contributed by atoms with Gasteiger partial charge in [0.15, 0.2) is 0 Å². The van der Waals surface area contributed by atoms with Gasteiger partial charge in [-0.25, -0.2) is 9.59 Å². The molecule has 0 saturated carbocycles. The summed E-state index contributed by atoms with van der Waals surface area (Å²) >= 11 is 0. The van der Waals surface area contributed by atoms with Crippen molar-refractivity contribution in [2.24, 2.45) is 0 Å². The molecule has 13 heavy (non-hydrogen) atoms. The van der Waals surface area contributed by atoms with Gasteiger partial charge in [-0.15, -0.1) is 0 Å². The molecule has 0 aliphatic carbocycles. The molecule has 72 valence electrons. The Morgan fingerprint density at radius 2 is 1.54 bits per heavy atom. The van der Waals surface area contributed by atoms with Crippen molar-refractivity contribution in [2.75, 3.05) is 0 Å². The molecule has 0 rings (SSSR count). The van der Waals surface area contributed by atoms with Gasteiger partial charge in [0.2, 0.25) is 0 Å². The molecule has 0 unspecified atom stereocenters. The second-order valence-electron chi connectivity index (χ2n) is 2.21. The number of hydrogen-bond donors (Lipinski definition) is 3. The Hall–Kier alpha value is -1.85. The fraction of sp³-hybridized carbons (Fsp3) is 0.286. The van der Waals surface area contributed by atoms with Crippen LogP contribution in [0.25, 0.3) is 0 Å². The summed E-state index contributed by atoms with van der Waals surface area (Å²) in [6.45, 7) is 0. The Balaban J connectivity index is 4.36. The molecule has 0 aliphatic heterocycles. The summed E-state index contributed by atoms with van der Waals surface area (Å²) in [6.07, 6.45) is -0.201. The highest BCUT2D eigenvalue weighted by Gasteiger charge is 2.10. The lowest BCUT2D eigenvalue weighted by molar-refractivity contribution is -0.137. The van der Waals surface area contributed by atoms with Crippen molar-refractivity contribution in [3.8, 4) is 0 Å². The van der Waals surface area contributed by atoms with Gasteiger partial charge in [0, 0.05) is 18.1 Å². The first-order valence-electron chi connectivity index (χ1n) is 3.32. The number of carbonyl (C=O) groups is 3. The topological polar surface area (TPSA) is 112 Å². The Labute approximate surface area is 73.1 Å². The zero-order valence-electron chi connectivity index (χ0n) is 6.56. The monoisotopic (exact) mass is 188 g/mol. The molecular formula is C7H8O6. The van der Waals surface area contributed by atoms with Crippen LogP contribution in [0.15, 0.2) is 11.6 Å². The largest absolute Gasteiger partial charge is 0.481 e. The molecule has 0 fully saturated rings. The molecular weight excluding hydrogens is 180 g/mol. The first kappa shape index (κ1) is 11.2.